The minimum absolute atomic E-state index is 0.163. The highest BCUT2D eigenvalue weighted by Crippen LogP contribution is 2.40. The Kier molecular flexibility index (Phi) is 13.2. The first-order valence-corrected chi connectivity index (χ1v) is 20.3. The fraction of sp³-hybridized carbons (Fsp3) is 0.341. The zero-order chi connectivity index (χ0) is 41.5. The minimum Gasteiger partial charge on any atom is -0.497 e. The zero-order valence-electron chi connectivity index (χ0n) is 34.4. The van der Waals surface area contributed by atoms with E-state index in [4.69, 9.17) is 18.9 Å². The Labute approximate surface area is 344 Å². The summed E-state index contributed by atoms with van der Waals surface area (Å²) in [5.41, 5.74) is 3.69. The number of morpholine rings is 1. The molecule has 5 N–H and O–H groups in total. The molecule has 0 unspecified atom stereocenters. The van der Waals surface area contributed by atoms with Crippen LogP contribution in [0.25, 0.3) is 10.8 Å². The molecule has 58 heavy (non-hydrogen) atoms. The van der Waals surface area contributed by atoms with E-state index in [-0.39, 0.29) is 16.9 Å². The summed E-state index contributed by atoms with van der Waals surface area (Å²) in [6.07, 6.45) is 3.58. The topological polar surface area (TPSA) is 147 Å². The largest absolute Gasteiger partial charge is 0.497 e. The minimum atomic E-state index is -0.418. The molecular formula is C44H53N7O6S. The van der Waals surface area contributed by atoms with Crippen LogP contribution in [0.1, 0.15) is 50.5 Å². The highest BCUT2D eigenvalue weighted by Gasteiger charge is 2.27. The number of ether oxygens (including phenoxy) is 4. The molecule has 2 heterocycles. The third kappa shape index (κ3) is 10.6. The van der Waals surface area contributed by atoms with Crippen molar-refractivity contribution in [1.82, 2.24) is 15.2 Å². The van der Waals surface area contributed by atoms with Crippen LogP contribution in [0, 0.1) is 0 Å². The van der Waals surface area contributed by atoms with Gasteiger partial charge in [-0.05, 0) is 67.3 Å². The summed E-state index contributed by atoms with van der Waals surface area (Å²) in [5, 5.41) is 13.9. The number of aromatic nitrogens is 1. The molecule has 0 bridgehead atoms. The van der Waals surface area contributed by atoms with Gasteiger partial charge in [0.2, 0.25) is 0 Å². The fourth-order valence-electron chi connectivity index (χ4n) is 6.78. The van der Waals surface area contributed by atoms with Gasteiger partial charge < -0.3 is 44.9 Å². The van der Waals surface area contributed by atoms with E-state index in [1.165, 1.54) is 11.9 Å². The number of carbonyl (C=O) groups excluding carboxylic acids is 2. The van der Waals surface area contributed by atoms with Crippen molar-refractivity contribution in [2.45, 2.75) is 45.6 Å². The number of carbonyl (C=O) groups is 2. The van der Waals surface area contributed by atoms with E-state index in [1.807, 2.05) is 54.8 Å². The Morgan fingerprint density at radius 3 is 2.38 bits per heavy atom. The van der Waals surface area contributed by atoms with Gasteiger partial charge in [-0.3, -0.25) is 9.69 Å². The molecule has 1 aromatic heterocycles. The average molecular weight is 808 g/mol. The second-order valence-corrected chi connectivity index (χ2v) is 16.2. The van der Waals surface area contributed by atoms with Crippen LogP contribution in [0.5, 0.6) is 23.0 Å². The molecule has 0 atom stereocenters. The van der Waals surface area contributed by atoms with Crippen molar-refractivity contribution < 1.29 is 28.5 Å². The number of anilines is 5. The average Bonchev–Trinajstić information content (AvgIpc) is 3.18. The summed E-state index contributed by atoms with van der Waals surface area (Å²) in [7, 11) is 3.15. The predicted molar refractivity (Wildman–Crippen MR) is 235 cm³/mol. The number of pyridine rings is 1. The molecular weight excluding hydrogens is 755 g/mol. The highest BCUT2D eigenvalue weighted by atomic mass is 32.2. The molecule has 5 aromatic rings. The van der Waals surface area contributed by atoms with Gasteiger partial charge in [0, 0.05) is 72.8 Å². The predicted octanol–water partition coefficient (Wildman–Crippen LogP) is 9.26. The zero-order valence-corrected chi connectivity index (χ0v) is 35.2. The van der Waals surface area contributed by atoms with Crippen LogP contribution < -0.4 is 40.2 Å². The lowest BCUT2D eigenvalue weighted by atomic mass is 9.86. The van der Waals surface area contributed by atoms with Crippen molar-refractivity contribution >= 4 is 63.2 Å². The Morgan fingerprint density at radius 1 is 0.897 bits per heavy atom. The molecule has 14 heteroatoms. The number of hydrogen-bond acceptors (Lipinski definition) is 11. The van der Waals surface area contributed by atoms with Crippen LogP contribution in [0.2, 0.25) is 0 Å². The number of hydrogen-bond donors (Lipinski definition) is 5. The maximum absolute atomic E-state index is 13.5. The molecule has 6 rings (SSSR count). The summed E-state index contributed by atoms with van der Waals surface area (Å²) >= 11 is 1.45. The van der Waals surface area contributed by atoms with Gasteiger partial charge in [0.1, 0.15) is 23.1 Å². The summed E-state index contributed by atoms with van der Waals surface area (Å²) in [5.74, 6) is 2.50. The second-order valence-electron chi connectivity index (χ2n) is 15.6. The lowest BCUT2D eigenvalue weighted by molar-refractivity contribution is -0.0853. The number of methoxy groups -OCH3 is 2. The SMILES string of the molecule is COc1cc(Nc2cc(Oc3ccc(NC(=O)Nc4cc(C(C)(C)C)cc(NSC)c4OC)c4ccccc34)ccn2)cc(C(=O)NCCN2CCOC(C)(C)C2)c1. The lowest BCUT2D eigenvalue weighted by Gasteiger charge is -2.38. The summed E-state index contributed by atoms with van der Waals surface area (Å²) in [4.78, 5) is 33.5. The number of rotatable bonds is 14. The smallest absolute Gasteiger partial charge is 0.323 e. The van der Waals surface area contributed by atoms with E-state index in [0.717, 1.165) is 41.7 Å². The van der Waals surface area contributed by atoms with Gasteiger partial charge in [-0.15, -0.1) is 0 Å². The third-order valence-corrected chi connectivity index (χ3v) is 10.0. The number of fused-ring (bicyclic) bond motifs is 1. The van der Waals surface area contributed by atoms with Crippen LogP contribution >= 0.6 is 11.9 Å². The molecule has 1 saturated heterocycles. The summed E-state index contributed by atoms with van der Waals surface area (Å²) in [6.45, 7) is 14.1. The van der Waals surface area contributed by atoms with Gasteiger partial charge in [0.25, 0.3) is 5.91 Å². The van der Waals surface area contributed by atoms with E-state index in [9.17, 15) is 9.59 Å². The van der Waals surface area contributed by atoms with E-state index in [2.05, 4.69) is 70.5 Å². The molecule has 306 valence electrons. The Balaban J connectivity index is 1.15. The van der Waals surface area contributed by atoms with Crippen molar-refractivity contribution in [2.75, 3.05) is 73.9 Å². The van der Waals surface area contributed by atoms with Gasteiger partial charge in [-0.25, -0.2) is 9.78 Å². The van der Waals surface area contributed by atoms with Gasteiger partial charge >= 0.3 is 6.03 Å². The summed E-state index contributed by atoms with van der Waals surface area (Å²) < 4.78 is 26.7. The van der Waals surface area contributed by atoms with Crippen LogP contribution in [-0.4, -0.2) is 80.7 Å². The molecule has 0 aliphatic carbocycles. The number of nitrogens with one attached hydrogen (secondary N) is 5. The molecule has 0 saturated carbocycles. The molecule has 0 radical (unpaired) electrons. The van der Waals surface area contributed by atoms with Gasteiger partial charge in [-0.2, -0.15) is 0 Å². The van der Waals surface area contributed by atoms with Crippen molar-refractivity contribution in [3.05, 3.63) is 96.2 Å². The van der Waals surface area contributed by atoms with E-state index >= 15 is 0 Å². The quantitative estimate of drug-likeness (QED) is 0.0685. The third-order valence-electron chi connectivity index (χ3n) is 9.61. The highest BCUT2D eigenvalue weighted by molar-refractivity contribution is 7.99. The van der Waals surface area contributed by atoms with E-state index in [0.29, 0.717) is 64.6 Å². The first kappa shape index (κ1) is 41.9. The first-order chi connectivity index (χ1) is 27.7. The fourth-order valence-corrected chi connectivity index (χ4v) is 7.15. The number of amides is 3. The van der Waals surface area contributed by atoms with Gasteiger partial charge in [0.05, 0.1) is 43.5 Å². The number of nitrogens with zero attached hydrogens (tertiary/aromatic N) is 2. The first-order valence-electron chi connectivity index (χ1n) is 19.1. The monoisotopic (exact) mass is 807 g/mol. The van der Waals surface area contributed by atoms with Crippen LogP contribution in [0.3, 0.4) is 0 Å². The van der Waals surface area contributed by atoms with Crippen LogP contribution in [0.15, 0.2) is 85.1 Å². The Hall–Kier alpha value is -5.70. The molecule has 3 amide bonds. The summed E-state index contributed by atoms with van der Waals surface area (Å²) in [6, 6.07) is 23.7. The van der Waals surface area contributed by atoms with Crippen LogP contribution in [0.4, 0.5) is 33.4 Å². The molecule has 1 aliphatic heterocycles. The number of benzene rings is 4. The van der Waals surface area contributed by atoms with Crippen molar-refractivity contribution in [1.29, 1.82) is 0 Å². The molecule has 1 fully saturated rings. The van der Waals surface area contributed by atoms with Crippen molar-refractivity contribution in [3.63, 3.8) is 0 Å². The maximum Gasteiger partial charge on any atom is 0.323 e. The van der Waals surface area contributed by atoms with Gasteiger partial charge in [0.15, 0.2) is 5.75 Å². The second kappa shape index (κ2) is 18.3. The Bertz CT molecular complexity index is 2260. The van der Waals surface area contributed by atoms with Crippen molar-refractivity contribution in [2.24, 2.45) is 0 Å². The van der Waals surface area contributed by atoms with Gasteiger partial charge in [-0.1, -0.05) is 57.0 Å². The standard InChI is InChI=1S/C44H53N7O6S/c1-43(2,3)29-23-36(40(55-7)37(24-29)50-58-8)49-42(53)48-35-13-14-38(34-12-10-9-11-33(34)35)57-31-15-16-45-39(26-31)47-30-21-28(22-32(25-30)54-6)41(52)46-17-18-51-19-20-56-44(4,5)27-51/h9-16,21-26,50H,17-20,27H2,1-8H3,(H,45,47)(H,46,52)(H2,48,49,53). The Morgan fingerprint density at radius 2 is 1.66 bits per heavy atom. The number of urea groups is 1. The molecule has 13 nitrogen and oxygen atoms in total. The van der Waals surface area contributed by atoms with E-state index < -0.39 is 6.03 Å². The van der Waals surface area contributed by atoms with Crippen molar-refractivity contribution in [3.8, 4) is 23.0 Å². The lowest BCUT2D eigenvalue weighted by Crippen LogP contribution is -2.50. The maximum atomic E-state index is 13.5. The van der Waals surface area contributed by atoms with Crippen LogP contribution in [-0.2, 0) is 10.2 Å². The normalized spacial score (nSPS) is 14.0. The molecule has 1 aliphatic rings. The molecule has 0 spiro atoms. The van der Waals surface area contributed by atoms with E-state index in [1.54, 1.807) is 50.7 Å². The molecule has 4 aromatic carbocycles.